The van der Waals surface area contributed by atoms with Crippen LogP contribution in [0.1, 0.15) is 25.8 Å². The van der Waals surface area contributed by atoms with Crippen LogP contribution in [0.3, 0.4) is 0 Å². The molecule has 1 atom stereocenters. The van der Waals surface area contributed by atoms with Crippen molar-refractivity contribution in [2.75, 3.05) is 31.1 Å². The van der Waals surface area contributed by atoms with E-state index in [0.29, 0.717) is 11.6 Å². The molecule has 0 amide bonds. The third kappa shape index (κ3) is 3.68. The second-order valence-corrected chi connectivity index (χ2v) is 6.29. The van der Waals surface area contributed by atoms with Crippen molar-refractivity contribution in [2.24, 2.45) is 10.9 Å². The van der Waals surface area contributed by atoms with Gasteiger partial charge in [-0.1, -0.05) is 12.1 Å². The number of nitrogens with zero attached hydrogens (tertiary/aromatic N) is 3. The molecule has 1 aliphatic heterocycles. The lowest BCUT2D eigenvalue weighted by atomic mass is 10.1. The first kappa shape index (κ1) is 16.1. The molecule has 1 fully saturated rings. The van der Waals surface area contributed by atoms with Gasteiger partial charge in [-0.25, -0.2) is 0 Å². The molecule has 0 bridgehead atoms. The van der Waals surface area contributed by atoms with E-state index in [2.05, 4.69) is 44.7 Å². The van der Waals surface area contributed by atoms with Crippen LogP contribution in [0.5, 0.6) is 0 Å². The molecule has 0 aliphatic carbocycles. The van der Waals surface area contributed by atoms with Crippen molar-refractivity contribution in [2.45, 2.75) is 26.3 Å². The van der Waals surface area contributed by atoms with E-state index in [4.69, 9.17) is 10.9 Å². The molecule has 0 spiro atoms. The number of rotatable bonds is 4. The molecule has 0 aromatic heterocycles. The van der Waals surface area contributed by atoms with Gasteiger partial charge in [-0.15, -0.1) is 0 Å². The van der Waals surface area contributed by atoms with Crippen molar-refractivity contribution >= 4 is 27.5 Å². The summed E-state index contributed by atoms with van der Waals surface area (Å²) >= 11 is 3.59. The van der Waals surface area contributed by atoms with Gasteiger partial charge in [0.25, 0.3) is 0 Å². The van der Waals surface area contributed by atoms with Gasteiger partial charge < -0.3 is 15.8 Å². The molecule has 1 aromatic carbocycles. The lowest BCUT2D eigenvalue weighted by Crippen LogP contribution is -2.49. The van der Waals surface area contributed by atoms with E-state index in [1.807, 2.05) is 18.2 Å². The van der Waals surface area contributed by atoms with Crippen LogP contribution in [0.2, 0.25) is 0 Å². The second kappa shape index (κ2) is 7.13. The fourth-order valence-corrected chi connectivity index (χ4v) is 3.27. The fourth-order valence-electron chi connectivity index (χ4n) is 2.64. The Labute approximate surface area is 134 Å². The maximum atomic E-state index is 8.73. The van der Waals surface area contributed by atoms with Crippen LogP contribution in [0.4, 0.5) is 5.69 Å². The number of oxime groups is 1. The summed E-state index contributed by atoms with van der Waals surface area (Å²) in [6.07, 6.45) is 1.19. The van der Waals surface area contributed by atoms with Crippen molar-refractivity contribution in [1.82, 2.24) is 4.90 Å². The van der Waals surface area contributed by atoms with Crippen molar-refractivity contribution in [3.05, 3.63) is 28.2 Å². The maximum absolute atomic E-state index is 8.73. The Hall–Kier alpha value is -1.27. The number of piperazine rings is 1. The minimum Gasteiger partial charge on any atom is -0.409 e. The summed E-state index contributed by atoms with van der Waals surface area (Å²) in [6.45, 7) is 8.74. The molecule has 2 rings (SSSR count). The standard InChI is InChI=1S/C15H23BrN4O/c1-3-11(2)19-6-8-20(9-7-19)14-5-4-12(10-13(14)16)15(17)18-21/h4-5,10-11,21H,3,6-9H2,1-2H3,(H2,17,18). The van der Waals surface area contributed by atoms with E-state index in [1.165, 1.54) is 6.42 Å². The minimum atomic E-state index is 0.129. The molecule has 5 nitrogen and oxygen atoms in total. The molecule has 1 heterocycles. The molecule has 21 heavy (non-hydrogen) atoms. The lowest BCUT2D eigenvalue weighted by molar-refractivity contribution is 0.193. The zero-order valence-corrected chi connectivity index (χ0v) is 14.2. The summed E-state index contributed by atoms with van der Waals surface area (Å²) in [6, 6.07) is 6.45. The molecule has 0 saturated carbocycles. The minimum absolute atomic E-state index is 0.129. The van der Waals surface area contributed by atoms with Gasteiger partial charge in [0.05, 0.1) is 5.69 Å². The number of amidine groups is 1. The highest BCUT2D eigenvalue weighted by Gasteiger charge is 2.21. The van der Waals surface area contributed by atoms with Crippen LogP contribution in [0.15, 0.2) is 27.8 Å². The third-order valence-corrected chi connectivity index (χ3v) is 4.86. The Balaban J connectivity index is 2.07. The zero-order chi connectivity index (χ0) is 15.4. The van der Waals surface area contributed by atoms with Crippen molar-refractivity contribution in [1.29, 1.82) is 0 Å². The fraction of sp³-hybridized carbons (Fsp3) is 0.533. The molecule has 3 N–H and O–H groups in total. The van der Waals surface area contributed by atoms with Gasteiger partial charge in [-0.2, -0.15) is 0 Å². The molecule has 1 saturated heterocycles. The van der Waals surface area contributed by atoms with E-state index < -0.39 is 0 Å². The largest absolute Gasteiger partial charge is 0.409 e. The summed E-state index contributed by atoms with van der Waals surface area (Å²) in [7, 11) is 0. The summed E-state index contributed by atoms with van der Waals surface area (Å²) < 4.78 is 0.976. The molecule has 116 valence electrons. The lowest BCUT2D eigenvalue weighted by Gasteiger charge is -2.39. The number of benzene rings is 1. The monoisotopic (exact) mass is 354 g/mol. The molecule has 0 radical (unpaired) electrons. The van der Waals surface area contributed by atoms with Crippen LogP contribution >= 0.6 is 15.9 Å². The average molecular weight is 355 g/mol. The maximum Gasteiger partial charge on any atom is 0.170 e. The Kier molecular flexibility index (Phi) is 5.47. The van der Waals surface area contributed by atoms with Crippen LogP contribution in [-0.2, 0) is 0 Å². The van der Waals surface area contributed by atoms with E-state index in [0.717, 1.165) is 36.3 Å². The van der Waals surface area contributed by atoms with Gasteiger partial charge in [-0.3, -0.25) is 4.90 Å². The zero-order valence-electron chi connectivity index (χ0n) is 12.6. The number of halogens is 1. The van der Waals surface area contributed by atoms with Gasteiger partial charge in [0.15, 0.2) is 5.84 Å². The topological polar surface area (TPSA) is 65.1 Å². The predicted octanol–water partition coefficient (Wildman–Crippen LogP) is 2.46. The number of hydrogen-bond acceptors (Lipinski definition) is 4. The molecule has 6 heteroatoms. The highest BCUT2D eigenvalue weighted by atomic mass is 79.9. The third-order valence-electron chi connectivity index (χ3n) is 4.22. The number of hydrogen-bond donors (Lipinski definition) is 2. The van der Waals surface area contributed by atoms with E-state index in [-0.39, 0.29) is 5.84 Å². The normalized spacial score (nSPS) is 18.8. The summed E-state index contributed by atoms with van der Waals surface area (Å²) in [5, 5.41) is 11.8. The van der Waals surface area contributed by atoms with Crippen LogP contribution < -0.4 is 10.6 Å². The molecular formula is C15H23BrN4O. The Bertz CT molecular complexity index is 512. The first-order valence-electron chi connectivity index (χ1n) is 7.33. The average Bonchev–Trinajstić information content (AvgIpc) is 2.53. The first-order chi connectivity index (χ1) is 10.1. The van der Waals surface area contributed by atoms with E-state index in [1.54, 1.807) is 0 Å². The van der Waals surface area contributed by atoms with Gasteiger partial charge in [0, 0.05) is 42.3 Å². The van der Waals surface area contributed by atoms with Crippen molar-refractivity contribution in [3.63, 3.8) is 0 Å². The summed E-state index contributed by atoms with van der Waals surface area (Å²) in [5.74, 6) is 0.129. The smallest absolute Gasteiger partial charge is 0.170 e. The molecule has 1 unspecified atom stereocenters. The Morgan fingerprint density at radius 2 is 2.05 bits per heavy atom. The van der Waals surface area contributed by atoms with Crippen LogP contribution in [-0.4, -0.2) is 48.2 Å². The van der Waals surface area contributed by atoms with Gasteiger partial charge in [-0.05, 0) is 47.5 Å². The molecule has 1 aliphatic rings. The summed E-state index contributed by atoms with van der Waals surface area (Å²) in [4.78, 5) is 4.91. The number of anilines is 1. The van der Waals surface area contributed by atoms with E-state index in [9.17, 15) is 0 Å². The van der Waals surface area contributed by atoms with Gasteiger partial charge in [0.1, 0.15) is 0 Å². The Morgan fingerprint density at radius 3 is 2.57 bits per heavy atom. The van der Waals surface area contributed by atoms with Crippen LogP contribution in [0, 0.1) is 0 Å². The second-order valence-electron chi connectivity index (χ2n) is 5.43. The van der Waals surface area contributed by atoms with E-state index >= 15 is 0 Å². The number of nitrogens with two attached hydrogens (primary N) is 1. The predicted molar refractivity (Wildman–Crippen MR) is 90.2 cm³/mol. The van der Waals surface area contributed by atoms with Crippen molar-refractivity contribution in [3.8, 4) is 0 Å². The first-order valence-corrected chi connectivity index (χ1v) is 8.12. The quantitative estimate of drug-likeness (QED) is 0.377. The molecule has 1 aromatic rings. The van der Waals surface area contributed by atoms with Crippen LogP contribution in [0.25, 0.3) is 0 Å². The van der Waals surface area contributed by atoms with Crippen molar-refractivity contribution < 1.29 is 5.21 Å². The van der Waals surface area contributed by atoms with Gasteiger partial charge in [0.2, 0.25) is 0 Å². The highest BCUT2D eigenvalue weighted by molar-refractivity contribution is 9.10. The Morgan fingerprint density at radius 1 is 1.38 bits per heavy atom. The molecular weight excluding hydrogens is 332 g/mol. The van der Waals surface area contributed by atoms with Gasteiger partial charge >= 0.3 is 0 Å². The highest BCUT2D eigenvalue weighted by Crippen LogP contribution is 2.28. The SMILES string of the molecule is CCC(C)N1CCN(c2ccc(/C(N)=N/O)cc2Br)CC1. The summed E-state index contributed by atoms with van der Waals surface area (Å²) in [5.41, 5.74) is 7.49.